The van der Waals surface area contributed by atoms with Crippen molar-refractivity contribution in [1.29, 1.82) is 0 Å². The zero-order valence-electron chi connectivity index (χ0n) is 11.1. The van der Waals surface area contributed by atoms with Gasteiger partial charge in [0.05, 0.1) is 16.8 Å². The molecule has 0 aliphatic heterocycles. The number of fused-ring (bicyclic) bond motifs is 1. The molecule has 0 spiro atoms. The molecule has 1 N–H and O–H groups in total. The van der Waals surface area contributed by atoms with Crippen molar-refractivity contribution < 1.29 is 5.11 Å². The van der Waals surface area contributed by atoms with Crippen LogP contribution in [0.5, 0.6) is 0 Å². The highest BCUT2D eigenvalue weighted by atomic mass is 16.3. The number of rotatable bonds is 4. The van der Waals surface area contributed by atoms with Gasteiger partial charge in [-0.1, -0.05) is 25.1 Å². The maximum Gasteiger partial charge on any atom is 0.0731 e. The van der Waals surface area contributed by atoms with Crippen molar-refractivity contribution in [3.05, 3.63) is 30.0 Å². The molecule has 1 saturated carbocycles. The van der Waals surface area contributed by atoms with Crippen LogP contribution in [0.4, 0.5) is 0 Å². The summed E-state index contributed by atoms with van der Waals surface area (Å²) in [5, 5.41) is 16.5. The summed E-state index contributed by atoms with van der Waals surface area (Å²) < 4.78 is 1.91. The fraction of sp³-hybridized carbons (Fsp3) is 0.533. The topological polar surface area (TPSA) is 38.1 Å². The molecule has 1 aromatic carbocycles. The van der Waals surface area contributed by atoms with Gasteiger partial charge in [-0.2, -0.15) is 5.10 Å². The number of aromatic nitrogens is 2. The Bertz CT molecular complexity index is 571. The van der Waals surface area contributed by atoms with E-state index >= 15 is 0 Å². The van der Waals surface area contributed by atoms with Crippen LogP contribution < -0.4 is 0 Å². The van der Waals surface area contributed by atoms with Gasteiger partial charge in [-0.05, 0) is 31.2 Å². The van der Waals surface area contributed by atoms with Crippen LogP contribution in [-0.2, 0) is 13.5 Å². The van der Waals surface area contributed by atoms with Crippen molar-refractivity contribution in [2.75, 3.05) is 0 Å². The first kappa shape index (κ1) is 11.7. The predicted octanol–water partition coefficient (Wildman–Crippen LogP) is 2.67. The van der Waals surface area contributed by atoms with E-state index < -0.39 is 5.60 Å². The third kappa shape index (κ3) is 1.83. The molecular formula is C15H20N2O. The van der Waals surface area contributed by atoms with Crippen molar-refractivity contribution in [1.82, 2.24) is 9.78 Å². The van der Waals surface area contributed by atoms with Gasteiger partial charge in [-0.15, -0.1) is 0 Å². The molecule has 0 radical (unpaired) electrons. The summed E-state index contributed by atoms with van der Waals surface area (Å²) >= 11 is 0. The van der Waals surface area contributed by atoms with E-state index in [9.17, 15) is 5.11 Å². The van der Waals surface area contributed by atoms with Crippen LogP contribution in [0.2, 0.25) is 0 Å². The molecule has 0 bridgehead atoms. The van der Waals surface area contributed by atoms with Gasteiger partial charge in [0, 0.05) is 18.9 Å². The fourth-order valence-electron chi connectivity index (χ4n) is 2.89. The molecule has 96 valence electrons. The summed E-state index contributed by atoms with van der Waals surface area (Å²) in [5.41, 5.74) is 1.61. The quantitative estimate of drug-likeness (QED) is 0.898. The summed E-state index contributed by atoms with van der Waals surface area (Å²) in [6, 6.07) is 8.24. The van der Waals surface area contributed by atoms with Gasteiger partial charge >= 0.3 is 0 Å². The van der Waals surface area contributed by atoms with Crippen LogP contribution >= 0.6 is 0 Å². The number of aryl methyl sites for hydroxylation is 1. The summed E-state index contributed by atoms with van der Waals surface area (Å²) in [5.74, 6) is 0.475. The Morgan fingerprint density at radius 2 is 2.11 bits per heavy atom. The van der Waals surface area contributed by atoms with Gasteiger partial charge in [-0.25, -0.2) is 0 Å². The Morgan fingerprint density at radius 1 is 1.39 bits per heavy atom. The van der Waals surface area contributed by atoms with E-state index in [2.05, 4.69) is 24.2 Å². The molecule has 18 heavy (non-hydrogen) atoms. The molecule has 3 rings (SSSR count). The van der Waals surface area contributed by atoms with Gasteiger partial charge in [-0.3, -0.25) is 4.68 Å². The molecule has 1 unspecified atom stereocenters. The molecule has 1 aliphatic carbocycles. The second kappa shape index (κ2) is 4.09. The lowest BCUT2D eigenvalue weighted by Gasteiger charge is -2.25. The van der Waals surface area contributed by atoms with E-state index in [4.69, 9.17) is 0 Å². The highest BCUT2D eigenvalue weighted by molar-refractivity contribution is 5.81. The van der Waals surface area contributed by atoms with Crippen LogP contribution in [0.15, 0.2) is 24.3 Å². The van der Waals surface area contributed by atoms with E-state index in [-0.39, 0.29) is 0 Å². The molecule has 0 saturated heterocycles. The van der Waals surface area contributed by atoms with Gasteiger partial charge in [0.15, 0.2) is 0 Å². The maximum atomic E-state index is 10.7. The molecule has 1 atom stereocenters. The monoisotopic (exact) mass is 244 g/mol. The van der Waals surface area contributed by atoms with E-state index in [0.29, 0.717) is 12.3 Å². The lowest BCUT2D eigenvalue weighted by Crippen LogP contribution is -2.33. The normalized spacial score (nSPS) is 19.1. The van der Waals surface area contributed by atoms with Crippen LogP contribution in [0.1, 0.15) is 31.9 Å². The molecule has 0 amide bonds. The average Bonchev–Trinajstić information content (AvgIpc) is 3.18. The van der Waals surface area contributed by atoms with E-state index in [0.717, 1.165) is 30.5 Å². The second-order valence-corrected chi connectivity index (χ2v) is 5.50. The summed E-state index contributed by atoms with van der Waals surface area (Å²) in [7, 11) is 1.97. The molecule has 1 fully saturated rings. The third-order valence-corrected chi connectivity index (χ3v) is 4.26. The fourth-order valence-corrected chi connectivity index (χ4v) is 2.89. The number of para-hydroxylation sites is 1. The van der Waals surface area contributed by atoms with Crippen LogP contribution in [0.3, 0.4) is 0 Å². The van der Waals surface area contributed by atoms with Crippen LogP contribution in [-0.4, -0.2) is 20.5 Å². The van der Waals surface area contributed by atoms with Crippen molar-refractivity contribution in [2.24, 2.45) is 13.0 Å². The number of hydrogen-bond acceptors (Lipinski definition) is 2. The largest absolute Gasteiger partial charge is 0.389 e. The van der Waals surface area contributed by atoms with Gasteiger partial charge < -0.3 is 5.11 Å². The first-order valence-electron chi connectivity index (χ1n) is 6.77. The standard InChI is InChI=1S/C15H20N2O/c1-3-15(18,11-8-9-11)10-13-12-6-4-5-7-14(12)17(2)16-13/h4-7,11,18H,3,8-10H2,1-2H3. The highest BCUT2D eigenvalue weighted by Gasteiger charge is 2.43. The molecule has 1 aromatic heterocycles. The summed E-state index contributed by atoms with van der Waals surface area (Å²) in [6.07, 6.45) is 3.81. The van der Waals surface area contributed by atoms with Crippen molar-refractivity contribution in [3.8, 4) is 0 Å². The minimum absolute atomic E-state index is 0.475. The van der Waals surface area contributed by atoms with E-state index in [1.54, 1.807) is 0 Å². The molecule has 1 aliphatic rings. The van der Waals surface area contributed by atoms with Crippen molar-refractivity contribution in [2.45, 2.75) is 38.2 Å². The third-order valence-electron chi connectivity index (χ3n) is 4.26. The number of aliphatic hydroxyl groups is 1. The molecular weight excluding hydrogens is 224 g/mol. The average molecular weight is 244 g/mol. The maximum absolute atomic E-state index is 10.7. The van der Waals surface area contributed by atoms with Gasteiger partial charge in [0.1, 0.15) is 0 Å². The van der Waals surface area contributed by atoms with Crippen LogP contribution in [0.25, 0.3) is 10.9 Å². The van der Waals surface area contributed by atoms with Gasteiger partial charge in [0.25, 0.3) is 0 Å². The number of nitrogens with zero attached hydrogens (tertiary/aromatic N) is 2. The first-order chi connectivity index (χ1) is 8.64. The Hall–Kier alpha value is -1.35. The Balaban J connectivity index is 1.99. The number of benzene rings is 1. The SMILES string of the molecule is CCC(O)(Cc1nn(C)c2ccccc12)C1CC1. The minimum atomic E-state index is -0.558. The van der Waals surface area contributed by atoms with Gasteiger partial charge in [0.2, 0.25) is 0 Å². The molecule has 1 heterocycles. The molecule has 2 aromatic rings. The minimum Gasteiger partial charge on any atom is -0.389 e. The first-order valence-corrected chi connectivity index (χ1v) is 6.77. The predicted molar refractivity (Wildman–Crippen MR) is 72.4 cm³/mol. The lowest BCUT2D eigenvalue weighted by molar-refractivity contribution is 0.0132. The summed E-state index contributed by atoms with van der Waals surface area (Å²) in [6.45, 7) is 2.07. The lowest BCUT2D eigenvalue weighted by atomic mass is 9.88. The highest BCUT2D eigenvalue weighted by Crippen LogP contribution is 2.43. The zero-order valence-corrected chi connectivity index (χ0v) is 11.1. The van der Waals surface area contributed by atoms with Crippen LogP contribution in [0, 0.1) is 5.92 Å². The summed E-state index contributed by atoms with van der Waals surface area (Å²) in [4.78, 5) is 0. The number of hydrogen-bond donors (Lipinski definition) is 1. The second-order valence-electron chi connectivity index (χ2n) is 5.50. The zero-order chi connectivity index (χ0) is 12.8. The molecule has 3 nitrogen and oxygen atoms in total. The molecule has 3 heteroatoms. The van der Waals surface area contributed by atoms with Crippen molar-refractivity contribution in [3.63, 3.8) is 0 Å². The van der Waals surface area contributed by atoms with Crippen molar-refractivity contribution >= 4 is 10.9 Å². The Morgan fingerprint density at radius 3 is 2.78 bits per heavy atom. The Kier molecular flexibility index (Phi) is 2.67. The Labute approximate surface area is 107 Å². The van der Waals surface area contributed by atoms with E-state index in [1.165, 1.54) is 5.39 Å². The smallest absolute Gasteiger partial charge is 0.0731 e. The van der Waals surface area contributed by atoms with E-state index in [1.807, 2.05) is 23.9 Å².